The highest BCUT2D eigenvalue weighted by atomic mass is 32.2. The summed E-state index contributed by atoms with van der Waals surface area (Å²) in [5, 5.41) is 7.88. The van der Waals surface area contributed by atoms with Crippen LogP contribution in [-0.4, -0.2) is 74.4 Å². The third-order valence-electron chi connectivity index (χ3n) is 4.19. The Labute approximate surface area is 129 Å². The highest BCUT2D eigenvalue weighted by Crippen LogP contribution is 2.20. The Balaban J connectivity index is 1.72. The van der Waals surface area contributed by atoms with E-state index in [-0.39, 0.29) is 5.91 Å². The number of aromatic nitrogens is 3. The lowest BCUT2D eigenvalue weighted by Gasteiger charge is -2.32. The molecular weight excluding hydrogens is 286 g/mol. The van der Waals surface area contributed by atoms with Crippen molar-refractivity contribution in [3.05, 3.63) is 11.9 Å². The molecule has 116 valence electrons. The normalized spacial score (nSPS) is 24.2. The summed E-state index contributed by atoms with van der Waals surface area (Å²) in [6.07, 6.45) is 5.36. The second-order valence-corrected chi connectivity index (χ2v) is 7.02. The zero-order valence-corrected chi connectivity index (χ0v) is 13.4. The first-order valence-corrected chi connectivity index (χ1v) is 8.87. The molecule has 2 aliphatic rings. The Morgan fingerprint density at radius 3 is 2.86 bits per heavy atom. The summed E-state index contributed by atoms with van der Waals surface area (Å²) in [6.45, 7) is 4.18. The fraction of sp³-hybridized carbons (Fsp3) is 0.786. The summed E-state index contributed by atoms with van der Waals surface area (Å²) in [4.78, 5) is 17.3. The van der Waals surface area contributed by atoms with E-state index in [0.717, 1.165) is 31.0 Å². The van der Waals surface area contributed by atoms with Gasteiger partial charge in [-0.15, -0.1) is 5.10 Å². The van der Waals surface area contributed by atoms with Crippen molar-refractivity contribution in [1.29, 1.82) is 0 Å². The van der Waals surface area contributed by atoms with Crippen molar-refractivity contribution in [2.45, 2.75) is 25.3 Å². The third-order valence-corrected chi connectivity index (χ3v) is 5.39. The number of aryl methyl sites for hydroxylation is 1. The molecule has 1 atom stereocenters. The van der Waals surface area contributed by atoms with Crippen molar-refractivity contribution in [2.75, 3.05) is 37.7 Å². The Morgan fingerprint density at radius 1 is 1.33 bits per heavy atom. The van der Waals surface area contributed by atoms with Gasteiger partial charge < -0.3 is 9.80 Å². The molecular formula is C14H23N5OS. The molecule has 3 rings (SSSR count). The van der Waals surface area contributed by atoms with Crippen LogP contribution in [0.25, 0.3) is 0 Å². The minimum atomic E-state index is 0.0368. The number of hydrogen-bond donors (Lipinski definition) is 0. The van der Waals surface area contributed by atoms with Crippen molar-refractivity contribution in [1.82, 2.24) is 24.8 Å². The molecule has 0 N–H and O–H groups in total. The number of likely N-dealkylation sites (tertiary alicyclic amines) is 1. The molecule has 0 aromatic carbocycles. The molecule has 1 unspecified atom stereocenters. The molecule has 6 nitrogen and oxygen atoms in total. The lowest BCUT2D eigenvalue weighted by molar-refractivity contribution is 0.0660. The van der Waals surface area contributed by atoms with E-state index < -0.39 is 0 Å². The molecule has 2 aliphatic heterocycles. The molecule has 21 heavy (non-hydrogen) atoms. The molecule has 0 saturated carbocycles. The van der Waals surface area contributed by atoms with E-state index in [4.69, 9.17) is 0 Å². The van der Waals surface area contributed by atoms with Gasteiger partial charge >= 0.3 is 0 Å². The maximum Gasteiger partial charge on any atom is 0.276 e. The SMILES string of the molecule is Cn1cc(C(=O)N2CCCSCC2CN2CCCC2)nn1. The third kappa shape index (κ3) is 3.58. The zero-order chi connectivity index (χ0) is 14.7. The standard InChI is InChI=1S/C14H23N5OS/c1-17-10-13(15-16-17)14(20)19-7-4-8-21-11-12(19)9-18-5-2-3-6-18/h10,12H,2-9,11H2,1H3. The van der Waals surface area contributed by atoms with Crippen molar-refractivity contribution in [3.63, 3.8) is 0 Å². The van der Waals surface area contributed by atoms with Crippen LogP contribution in [-0.2, 0) is 7.05 Å². The molecule has 2 saturated heterocycles. The number of nitrogens with zero attached hydrogens (tertiary/aromatic N) is 5. The molecule has 2 fully saturated rings. The van der Waals surface area contributed by atoms with Gasteiger partial charge in [-0.25, -0.2) is 0 Å². The van der Waals surface area contributed by atoms with Gasteiger partial charge in [0.15, 0.2) is 5.69 Å². The van der Waals surface area contributed by atoms with Crippen molar-refractivity contribution in [2.24, 2.45) is 7.05 Å². The zero-order valence-electron chi connectivity index (χ0n) is 12.6. The number of thioether (sulfide) groups is 1. The predicted molar refractivity (Wildman–Crippen MR) is 83.4 cm³/mol. The minimum absolute atomic E-state index is 0.0368. The molecule has 1 aromatic heterocycles. The number of carbonyl (C=O) groups is 1. The maximum atomic E-state index is 12.7. The molecule has 0 bridgehead atoms. The van der Waals surface area contributed by atoms with Gasteiger partial charge in [-0.05, 0) is 38.1 Å². The monoisotopic (exact) mass is 309 g/mol. The summed E-state index contributed by atoms with van der Waals surface area (Å²) in [5.41, 5.74) is 0.468. The van der Waals surface area contributed by atoms with Crippen molar-refractivity contribution < 1.29 is 4.79 Å². The molecule has 0 aliphatic carbocycles. The largest absolute Gasteiger partial charge is 0.332 e. The van der Waals surface area contributed by atoms with Crippen LogP contribution in [0.15, 0.2) is 6.20 Å². The Bertz CT molecular complexity index is 485. The summed E-state index contributed by atoms with van der Waals surface area (Å²) in [7, 11) is 1.80. The van der Waals surface area contributed by atoms with Crippen LogP contribution in [0.3, 0.4) is 0 Å². The Hall–Kier alpha value is -1.08. The first kappa shape index (κ1) is 14.8. The predicted octanol–water partition coefficient (Wildman–Crippen LogP) is 0.859. The average molecular weight is 309 g/mol. The number of rotatable bonds is 3. The molecule has 7 heteroatoms. The average Bonchev–Trinajstić information content (AvgIpc) is 3.07. The van der Waals surface area contributed by atoms with Gasteiger partial charge in [0.1, 0.15) is 0 Å². The lowest BCUT2D eigenvalue weighted by atomic mass is 10.2. The summed E-state index contributed by atoms with van der Waals surface area (Å²) < 4.78 is 1.59. The van der Waals surface area contributed by atoms with E-state index in [0.29, 0.717) is 11.7 Å². The second-order valence-electron chi connectivity index (χ2n) is 5.87. The van der Waals surface area contributed by atoms with Gasteiger partial charge in [0.05, 0.1) is 12.2 Å². The first-order chi connectivity index (χ1) is 10.2. The van der Waals surface area contributed by atoms with E-state index in [1.165, 1.54) is 25.9 Å². The topological polar surface area (TPSA) is 54.3 Å². The van der Waals surface area contributed by atoms with Crippen LogP contribution in [0.2, 0.25) is 0 Å². The molecule has 0 spiro atoms. The number of hydrogen-bond acceptors (Lipinski definition) is 5. The van der Waals surface area contributed by atoms with Gasteiger partial charge in [0.25, 0.3) is 5.91 Å². The van der Waals surface area contributed by atoms with E-state index in [1.807, 2.05) is 16.7 Å². The van der Waals surface area contributed by atoms with Gasteiger partial charge in [0.2, 0.25) is 0 Å². The van der Waals surface area contributed by atoms with Gasteiger partial charge in [-0.1, -0.05) is 5.21 Å². The Morgan fingerprint density at radius 2 is 2.14 bits per heavy atom. The van der Waals surface area contributed by atoms with E-state index >= 15 is 0 Å². The second kappa shape index (κ2) is 6.79. The van der Waals surface area contributed by atoms with Gasteiger partial charge in [-0.3, -0.25) is 9.48 Å². The fourth-order valence-electron chi connectivity index (χ4n) is 3.10. The molecule has 0 radical (unpaired) electrons. The quantitative estimate of drug-likeness (QED) is 0.829. The van der Waals surface area contributed by atoms with Crippen LogP contribution in [0.4, 0.5) is 0 Å². The smallest absolute Gasteiger partial charge is 0.276 e. The van der Waals surface area contributed by atoms with Gasteiger partial charge in [-0.2, -0.15) is 11.8 Å². The van der Waals surface area contributed by atoms with Crippen LogP contribution in [0.5, 0.6) is 0 Å². The Kier molecular flexibility index (Phi) is 4.80. The van der Waals surface area contributed by atoms with Gasteiger partial charge in [0, 0.05) is 25.9 Å². The number of carbonyl (C=O) groups excluding carboxylic acids is 1. The molecule has 1 amide bonds. The summed E-state index contributed by atoms with van der Waals surface area (Å²) >= 11 is 1.97. The highest BCUT2D eigenvalue weighted by Gasteiger charge is 2.30. The minimum Gasteiger partial charge on any atom is -0.332 e. The van der Waals surface area contributed by atoms with Crippen LogP contribution in [0, 0.1) is 0 Å². The number of amides is 1. The fourth-order valence-corrected chi connectivity index (χ4v) is 4.16. The van der Waals surface area contributed by atoms with Crippen molar-refractivity contribution >= 4 is 17.7 Å². The van der Waals surface area contributed by atoms with E-state index in [1.54, 1.807) is 17.9 Å². The lowest BCUT2D eigenvalue weighted by Crippen LogP contribution is -2.47. The molecule has 3 heterocycles. The van der Waals surface area contributed by atoms with Crippen LogP contribution < -0.4 is 0 Å². The van der Waals surface area contributed by atoms with E-state index in [9.17, 15) is 4.79 Å². The van der Waals surface area contributed by atoms with E-state index in [2.05, 4.69) is 15.2 Å². The van der Waals surface area contributed by atoms with Crippen LogP contribution >= 0.6 is 11.8 Å². The molecule has 1 aromatic rings. The maximum absolute atomic E-state index is 12.7. The van der Waals surface area contributed by atoms with Crippen LogP contribution in [0.1, 0.15) is 29.8 Å². The van der Waals surface area contributed by atoms with Crippen molar-refractivity contribution in [3.8, 4) is 0 Å². The highest BCUT2D eigenvalue weighted by molar-refractivity contribution is 7.99. The first-order valence-electron chi connectivity index (χ1n) is 7.71. The summed E-state index contributed by atoms with van der Waals surface area (Å²) in [6, 6.07) is 0.296. The summed E-state index contributed by atoms with van der Waals surface area (Å²) in [5.74, 6) is 2.21.